The van der Waals surface area contributed by atoms with Gasteiger partial charge in [-0.1, -0.05) is 13.8 Å². The molecule has 0 radical (unpaired) electrons. The Morgan fingerprint density at radius 3 is 2.81 bits per heavy atom. The van der Waals surface area contributed by atoms with Gasteiger partial charge in [0.25, 0.3) is 5.69 Å². The number of aryl methyl sites for hydroxylation is 1. The van der Waals surface area contributed by atoms with Crippen LogP contribution < -0.4 is 10.6 Å². The summed E-state index contributed by atoms with van der Waals surface area (Å²) in [5, 5.41) is 17.0. The van der Waals surface area contributed by atoms with Gasteiger partial charge in [0.15, 0.2) is 0 Å². The van der Waals surface area contributed by atoms with Crippen molar-refractivity contribution in [2.24, 2.45) is 5.92 Å². The summed E-state index contributed by atoms with van der Waals surface area (Å²) in [5.74, 6) is 0.537. The summed E-state index contributed by atoms with van der Waals surface area (Å²) >= 11 is 0. The first kappa shape index (κ1) is 15.3. The number of hydrogen-bond acceptors (Lipinski definition) is 4. The van der Waals surface area contributed by atoms with Gasteiger partial charge in [0.1, 0.15) is 5.69 Å². The van der Waals surface area contributed by atoms with Crippen molar-refractivity contribution in [2.45, 2.75) is 39.5 Å². The summed E-state index contributed by atoms with van der Waals surface area (Å²) in [6, 6.07) is 3.25. The zero-order valence-corrected chi connectivity index (χ0v) is 12.4. The molecule has 0 spiro atoms. The van der Waals surface area contributed by atoms with Crippen molar-refractivity contribution in [2.75, 3.05) is 17.2 Å². The molecular formula is C15H21N3O3. The smallest absolute Gasteiger partial charge is 0.294 e. The number of rotatable bonds is 6. The van der Waals surface area contributed by atoms with Gasteiger partial charge >= 0.3 is 0 Å². The van der Waals surface area contributed by atoms with E-state index in [0.717, 1.165) is 18.4 Å². The minimum atomic E-state index is -0.411. The van der Waals surface area contributed by atoms with E-state index in [1.807, 2.05) is 0 Å². The third-order valence-corrected chi connectivity index (χ3v) is 3.59. The Labute approximate surface area is 124 Å². The minimum Gasteiger partial charge on any atom is -0.379 e. The number of hydrogen-bond donors (Lipinski definition) is 2. The number of benzene rings is 1. The molecule has 1 heterocycles. The molecular weight excluding hydrogens is 270 g/mol. The average Bonchev–Trinajstić information content (AvgIpc) is 2.42. The molecule has 1 aromatic carbocycles. The second-order valence-electron chi connectivity index (χ2n) is 5.79. The Bertz CT molecular complexity index is 555. The van der Waals surface area contributed by atoms with Gasteiger partial charge in [-0.3, -0.25) is 14.9 Å². The maximum atomic E-state index is 11.4. The third-order valence-electron chi connectivity index (χ3n) is 3.59. The Morgan fingerprint density at radius 2 is 2.14 bits per heavy atom. The first-order chi connectivity index (χ1) is 9.97. The first-order valence-electron chi connectivity index (χ1n) is 7.32. The molecule has 0 aliphatic carbocycles. The Balaban J connectivity index is 2.15. The van der Waals surface area contributed by atoms with Crippen molar-refractivity contribution in [1.29, 1.82) is 0 Å². The number of nitrogens with one attached hydrogen (secondary N) is 2. The Kier molecular flexibility index (Phi) is 4.77. The maximum Gasteiger partial charge on any atom is 0.294 e. The van der Waals surface area contributed by atoms with Crippen LogP contribution in [-0.2, 0) is 11.2 Å². The van der Waals surface area contributed by atoms with Crippen LogP contribution in [0.25, 0.3) is 0 Å². The maximum absolute atomic E-state index is 11.4. The summed E-state index contributed by atoms with van der Waals surface area (Å²) in [4.78, 5) is 22.1. The zero-order chi connectivity index (χ0) is 15.4. The fourth-order valence-corrected chi connectivity index (χ4v) is 2.44. The number of fused-ring (bicyclic) bond motifs is 1. The lowest BCUT2D eigenvalue weighted by atomic mass is 10.0. The number of nitro groups is 1. The van der Waals surface area contributed by atoms with E-state index in [4.69, 9.17) is 0 Å². The highest BCUT2D eigenvalue weighted by molar-refractivity contribution is 5.95. The summed E-state index contributed by atoms with van der Waals surface area (Å²) in [6.45, 7) is 5.03. The summed E-state index contributed by atoms with van der Waals surface area (Å²) in [6.07, 6.45) is 3.11. The lowest BCUT2D eigenvalue weighted by Gasteiger charge is -2.18. The molecule has 0 saturated heterocycles. The number of carbonyl (C=O) groups excluding carboxylic acids is 1. The summed E-state index contributed by atoms with van der Waals surface area (Å²) in [7, 11) is 0. The fraction of sp³-hybridized carbons (Fsp3) is 0.533. The number of amides is 1. The molecule has 21 heavy (non-hydrogen) atoms. The molecule has 6 nitrogen and oxygen atoms in total. The lowest BCUT2D eigenvalue weighted by molar-refractivity contribution is -0.383. The third kappa shape index (κ3) is 3.93. The van der Waals surface area contributed by atoms with Gasteiger partial charge < -0.3 is 10.6 Å². The van der Waals surface area contributed by atoms with Gasteiger partial charge in [-0.2, -0.15) is 0 Å². The van der Waals surface area contributed by atoms with Crippen LogP contribution in [0.4, 0.5) is 17.1 Å². The SMILES string of the molecule is CC(C)CCCNc1cc2c(cc1[N+](=O)[O-])NC(=O)CC2. The van der Waals surface area contributed by atoms with Crippen LogP contribution in [0.2, 0.25) is 0 Å². The molecule has 1 amide bonds. The minimum absolute atomic E-state index is 0.0143. The van der Waals surface area contributed by atoms with Crippen molar-refractivity contribution in [3.63, 3.8) is 0 Å². The number of anilines is 2. The average molecular weight is 291 g/mol. The second-order valence-corrected chi connectivity index (χ2v) is 5.79. The molecule has 1 aliphatic heterocycles. The molecule has 6 heteroatoms. The molecule has 114 valence electrons. The molecule has 0 bridgehead atoms. The molecule has 1 aromatic rings. The molecule has 0 atom stereocenters. The Hall–Kier alpha value is -2.11. The first-order valence-corrected chi connectivity index (χ1v) is 7.32. The van der Waals surface area contributed by atoms with Crippen LogP contribution in [-0.4, -0.2) is 17.4 Å². The van der Waals surface area contributed by atoms with E-state index in [1.54, 1.807) is 6.07 Å². The molecule has 0 aromatic heterocycles. The normalized spacial score (nSPS) is 13.8. The highest BCUT2D eigenvalue weighted by Gasteiger charge is 2.22. The molecule has 0 unspecified atom stereocenters. The number of nitro benzene ring substituents is 1. The zero-order valence-electron chi connectivity index (χ0n) is 12.4. The summed E-state index contributed by atoms with van der Waals surface area (Å²) < 4.78 is 0. The predicted molar refractivity (Wildman–Crippen MR) is 82.6 cm³/mol. The summed E-state index contributed by atoms with van der Waals surface area (Å²) in [5.41, 5.74) is 2.07. The molecule has 2 rings (SSSR count). The van der Waals surface area contributed by atoms with E-state index >= 15 is 0 Å². The molecule has 0 fully saturated rings. The van der Waals surface area contributed by atoms with Gasteiger partial charge in [0.05, 0.1) is 10.6 Å². The van der Waals surface area contributed by atoms with Crippen LogP contribution in [0.5, 0.6) is 0 Å². The highest BCUT2D eigenvalue weighted by Crippen LogP contribution is 2.34. The van der Waals surface area contributed by atoms with Crippen LogP contribution in [0.1, 0.15) is 38.7 Å². The largest absolute Gasteiger partial charge is 0.379 e. The van der Waals surface area contributed by atoms with Crippen LogP contribution in [0.3, 0.4) is 0 Å². The van der Waals surface area contributed by atoms with Crippen LogP contribution >= 0.6 is 0 Å². The van der Waals surface area contributed by atoms with Crippen molar-refractivity contribution < 1.29 is 9.72 Å². The molecule has 0 saturated carbocycles. The second kappa shape index (κ2) is 6.56. The van der Waals surface area contributed by atoms with Gasteiger partial charge in [0.2, 0.25) is 5.91 Å². The Morgan fingerprint density at radius 1 is 1.38 bits per heavy atom. The van der Waals surface area contributed by atoms with E-state index in [0.29, 0.717) is 36.7 Å². The van der Waals surface area contributed by atoms with Crippen LogP contribution in [0.15, 0.2) is 12.1 Å². The monoisotopic (exact) mass is 291 g/mol. The fourth-order valence-electron chi connectivity index (χ4n) is 2.44. The standard InChI is InChI=1S/C15H21N3O3/c1-10(2)4-3-7-16-13-8-11-5-6-15(19)17-12(11)9-14(13)18(20)21/h8-10,16H,3-7H2,1-2H3,(H,17,19). The van der Waals surface area contributed by atoms with Crippen molar-refractivity contribution >= 4 is 23.0 Å². The topological polar surface area (TPSA) is 84.3 Å². The van der Waals surface area contributed by atoms with E-state index in [2.05, 4.69) is 24.5 Å². The van der Waals surface area contributed by atoms with Gasteiger partial charge in [-0.05, 0) is 36.8 Å². The van der Waals surface area contributed by atoms with Gasteiger partial charge in [-0.15, -0.1) is 0 Å². The quantitative estimate of drug-likeness (QED) is 0.478. The van der Waals surface area contributed by atoms with Crippen molar-refractivity contribution in [3.05, 3.63) is 27.8 Å². The van der Waals surface area contributed by atoms with Gasteiger partial charge in [-0.25, -0.2) is 0 Å². The van der Waals surface area contributed by atoms with E-state index < -0.39 is 4.92 Å². The van der Waals surface area contributed by atoms with E-state index in [9.17, 15) is 14.9 Å². The highest BCUT2D eigenvalue weighted by atomic mass is 16.6. The van der Waals surface area contributed by atoms with Crippen LogP contribution in [0, 0.1) is 16.0 Å². The van der Waals surface area contributed by atoms with E-state index in [1.165, 1.54) is 6.07 Å². The molecule has 2 N–H and O–H groups in total. The number of nitrogens with zero attached hydrogens (tertiary/aromatic N) is 1. The lowest BCUT2D eigenvalue weighted by Crippen LogP contribution is -2.19. The predicted octanol–water partition coefficient (Wildman–Crippen LogP) is 3.33. The molecule has 1 aliphatic rings. The number of carbonyl (C=O) groups is 1. The van der Waals surface area contributed by atoms with Crippen molar-refractivity contribution in [1.82, 2.24) is 0 Å². The van der Waals surface area contributed by atoms with Gasteiger partial charge in [0, 0.05) is 19.0 Å². The van der Waals surface area contributed by atoms with E-state index in [-0.39, 0.29) is 11.6 Å². The van der Waals surface area contributed by atoms with Crippen molar-refractivity contribution in [3.8, 4) is 0 Å².